The van der Waals surface area contributed by atoms with Crippen LogP contribution in [0, 0.1) is 0 Å². The van der Waals surface area contributed by atoms with Crippen molar-refractivity contribution in [1.29, 1.82) is 0 Å². The second kappa shape index (κ2) is 7.97. The Bertz CT molecular complexity index is 1140. The van der Waals surface area contributed by atoms with Crippen LogP contribution in [-0.4, -0.2) is 26.9 Å². The first kappa shape index (κ1) is 17.8. The Morgan fingerprint density at radius 1 is 0.793 bits per heavy atom. The highest BCUT2D eigenvalue weighted by Gasteiger charge is 2.17. The quantitative estimate of drug-likeness (QED) is 0.425. The van der Waals surface area contributed by atoms with E-state index >= 15 is 0 Å². The van der Waals surface area contributed by atoms with Gasteiger partial charge in [0.25, 0.3) is 0 Å². The number of aromatic nitrogens is 2. The van der Waals surface area contributed by atoms with E-state index in [4.69, 9.17) is 4.98 Å². The third-order valence-electron chi connectivity index (χ3n) is 4.77. The van der Waals surface area contributed by atoms with Gasteiger partial charge in [-0.3, -0.25) is 9.89 Å². The van der Waals surface area contributed by atoms with E-state index in [-0.39, 0.29) is 0 Å². The number of hydrogen-bond acceptors (Lipinski definition) is 4. The summed E-state index contributed by atoms with van der Waals surface area (Å²) in [6.45, 7) is 0.896. The molecule has 5 heteroatoms. The van der Waals surface area contributed by atoms with Crippen molar-refractivity contribution in [3.63, 3.8) is 0 Å². The fourth-order valence-corrected chi connectivity index (χ4v) is 4.30. The summed E-state index contributed by atoms with van der Waals surface area (Å²) in [6.07, 6.45) is 4.02. The van der Waals surface area contributed by atoms with E-state index in [0.29, 0.717) is 0 Å². The fourth-order valence-electron chi connectivity index (χ4n) is 3.45. The average molecular weight is 397 g/mol. The summed E-state index contributed by atoms with van der Waals surface area (Å²) in [5, 5.41) is 1.12. The van der Waals surface area contributed by atoms with Gasteiger partial charge in [-0.05, 0) is 48.5 Å². The van der Waals surface area contributed by atoms with Gasteiger partial charge in [0.05, 0.1) is 5.04 Å². The Hall–Kier alpha value is -3.31. The first-order valence-electron chi connectivity index (χ1n) is 9.62. The van der Waals surface area contributed by atoms with Crippen molar-refractivity contribution < 1.29 is 0 Å². The van der Waals surface area contributed by atoms with Crippen LogP contribution < -0.4 is 4.90 Å². The molecule has 0 N–H and O–H groups in total. The summed E-state index contributed by atoms with van der Waals surface area (Å²) in [7, 11) is 0. The summed E-state index contributed by atoms with van der Waals surface area (Å²) in [6, 6.07) is 29.1. The lowest BCUT2D eigenvalue weighted by Gasteiger charge is -2.25. The highest BCUT2D eigenvalue weighted by atomic mass is 32.2. The van der Waals surface area contributed by atoms with Crippen LogP contribution >= 0.6 is 11.8 Å². The Labute approximate surface area is 174 Å². The van der Waals surface area contributed by atoms with Gasteiger partial charge in [-0.2, -0.15) is 0 Å². The largest absolute Gasteiger partial charge is 0.309 e. The van der Waals surface area contributed by atoms with Crippen LogP contribution in [0.1, 0.15) is 5.56 Å². The van der Waals surface area contributed by atoms with Gasteiger partial charge < -0.3 is 4.57 Å². The minimum Gasteiger partial charge on any atom is -0.309 e. The first-order chi connectivity index (χ1) is 14.4. The Morgan fingerprint density at radius 3 is 2.38 bits per heavy atom. The zero-order chi connectivity index (χ0) is 19.5. The maximum atomic E-state index is 4.95. The zero-order valence-corrected chi connectivity index (χ0v) is 16.7. The van der Waals surface area contributed by atoms with Crippen LogP contribution in [0.4, 0.5) is 17.2 Å². The number of para-hydroxylation sites is 1. The van der Waals surface area contributed by atoms with Crippen molar-refractivity contribution in [1.82, 2.24) is 9.55 Å². The molecule has 0 bridgehead atoms. The molecule has 29 heavy (non-hydrogen) atoms. The number of aliphatic imine (C=N–C) groups is 1. The van der Waals surface area contributed by atoms with Crippen molar-refractivity contribution in [2.75, 3.05) is 17.2 Å². The molecular weight excluding hydrogens is 376 g/mol. The average Bonchev–Trinajstić information content (AvgIpc) is 3.50. The minimum absolute atomic E-state index is 0.876. The molecule has 0 saturated carbocycles. The van der Waals surface area contributed by atoms with Crippen LogP contribution in [0.15, 0.2) is 102 Å². The number of rotatable bonds is 5. The predicted molar refractivity (Wildman–Crippen MR) is 122 cm³/mol. The predicted octanol–water partition coefficient (Wildman–Crippen LogP) is 5.84. The Balaban J connectivity index is 1.62. The number of nitrogens with zero attached hydrogens (tertiary/aromatic N) is 4. The molecule has 0 saturated heterocycles. The molecule has 3 heterocycles. The smallest absolute Gasteiger partial charge is 0.140 e. The maximum Gasteiger partial charge on any atom is 0.140 e. The van der Waals surface area contributed by atoms with E-state index in [0.717, 1.165) is 45.9 Å². The number of benzene rings is 2. The Kier molecular flexibility index (Phi) is 4.88. The summed E-state index contributed by atoms with van der Waals surface area (Å²) in [5.74, 6) is 2.82. The van der Waals surface area contributed by atoms with E-state index in [1.54, 1.807) is 0 Å². The van der Waals surface area contributed by atoms with E-state index in [9.17, 15) is 0 Å². The molecule has 0 fully saturated rings. The van der Waals surface area contributed by atoms with Gasteiger partial charge in [0.2, 0.25) is 0 Å². The van der Waals surface area contributed by atoms with Crippen molar-refractivity contribution >= 4 is 34.0 Å². The van der Waals surface area contributed by atoms with Gasteiger partial charge >= 0.3 is 0 Å². The molecule has 1 aliphatic rings. The maximum absolute atomic E-state index is 4.95. The summed E-state index contributed by atoms with van der Waals surface area (Å²) in [5.41, 5.74) is 3.30. The highest BCUT2D eigenvalue weighted by Crippen LogP contribution is 2.34. The Morgan fingerprint density at radius 2 is 1.59 bits per heavy atom. The summed E-state index contributed by atoms with van der Waals surface area (Å²) >= 11 is 1.82. The van der Waals surface area contributed by atoms with Crippen LogP contribution in [-0.2, 0) is 0 Å². The van der Waals surface area contributed by atoms with Crippen LogP contribution in [0.25, 0.3) is 5.82 Å². The first-order valence-corrected chi connectivity index (χ1v) is 10.6. The van der Waals surface area contributed by atoms with Gasteiger partial charge in [-0.1, -0.05) is 36.4 Å². The lowest BCUT2D eigenvalue weighted by molar-refractivity contribution is 0.999. The molecule has 4 aromatic rings. The second-order valence-corrected chi connectivity index (χ2v) is 7.78. The molecule has 0 spiro atoms. The topological polar surface area (TPSA) is 33.4 Å². The number of anilines is 3. The van der Waals surface area contributed by atoms with Gasteiger partial charge in [-0.15, -0.1) is 11.8 Å². The molecule has 142 valence electrons. The van der Waals surface area contributed by atoms with Crippen LogP contribution in [0.2, 0.25) is 0 Å². The third-order valence-corrected chi connectivity index (χ3v) is 5.79. The lowest BCUT2D eigenvalue weighted by Crippen LogP contribution is -2.13. The molecule has 0 unspecified atom stereocenters. The summed E-state index contributed by atoms with van der Waals surface area (Å²) < 4.78 is 2.02. The van der Waals surface area contributed by atoms with Gasteiger partial charge in [-0.25, -0.2) is 4.98 Å². The van der Waals surface area contributed by atoms with E-state index < -0.39 is 0 Å². The third kappa shape index (κ3) is 3.69. The van der Waals surface area contributed by atoms with Crippen molar-refractivity contribution in [3.8, 4) is 5.82 Å². The summed E-state index contributed by atoms with van der Waals surface area (Å²) in [4.78, 5) is 11.8. The molecule has 0 atom stereocenters. The zero-order valence-electron chi connectivity index (χ0n) is 15.8. The number of thioether (sulfide) groups is 1. The lowest BCUT2D eigenvalue weighted by atomic mass is 10.1. The van der Waals surface area contributed by atoms with Crippen molar-refractivity contribution in [2.45, 2.75) is 0 Å². The molecule has 5 rings (SSSR count). The standard InChI is InChI=1S/C24H20N4S/c1-2-9-20(10-3-1)28(21-11-6-8-19(18-21)24-25-14-17-29-24)23-13-7-12-22(26-23)27-15-4-5-16-27/h1-13,15-16,18H,14,17H2. The number of hydrogen-bond donors (Lipinski definition) is 0. The molecular formula is C24H20N4S. The minimum atomic E-state index is 0.876. The van der Waals surface area contributed by atoms with E-state index in [1.165, 1.54) is 0 Å². The second-order valence-electron chi connectivity index (χ2n) is 6.70. The van der Waals surface area contributed by atoms with Gasteiger partial charge in [0.1, 0.15) is 11.6 Å². The number of pyridine rings is 1. The monoisotopic (exact) mass is 396 g/mol. The van der Waals surface area contributed by atoms with Gasteiger partial charge in [0, 0.05) is 41.6 Å². The van der Waals surface area contributed by atoms with Crippen LogP contribution in [0.3, 0.4) is 0 Å². The highest BCUT2D eigenvalue weighted by molar-refractivity contribution is 8.14. The molecule has 0 aliphatic carbocycles. The SMILES string of the molecule is c1ccc(N(c2cccc(C3=NCCS3)c2)c2cccc(-n3cccc3)n2)cc1. The molecule has 2 aromatic carbocycles. The normalized spacial score (nSPS) is 13.3. The molecule has 2 aromatic heterocycles. The fraction of sp³-hybridized carbons (Fsp3) is 0.0833. The van der Waals surface area contributed by atoms with E-state index in [2.05, 4.69) is 64.5 Å². The molecule has 0 radical (unpaired) electrons. The molecule has 0 amide bonds. The van der Waals surface area contributed by atoms with Gasteiger partial charge in [0.15, 0.2) is 0 Å². The molecule has 1 aliphatic heterocycles. The van der Waals surface area contributed by atoms with Crippen molar-refractivity contribution in [2.24, 2.45) is 4.99 Å². The van der Waals surface area contributed by atoms with Crippen molar-refractivity contribution in [3.05, 3.63) is 103 Å². The van der Waals surface area contributed by atoms with E-state index in [1.807, 2.05) is 59.1 Å². The molecule has 4 nitrogen and oxygen atoms in total. The van der Waals surface area contributed by atoms with Crippen LogP contribution in [0.5, 0.6) is 0 Å².